The molecule has 1 fully saturated rings. The van der Waals surface area contributed by atoms with E-state index < -0.39 is 0 Å². The van der Waals surface area contributed by atoms with Crippen LogP contribution >= 0.6 is 0 Å². The Morgan fingerprint density at radius 2 is 1.94 bits per heavy atom. The predicted octanol–water partition coefficient (Wildman–Crippen LogP) is 2.15. The van der Waals surface area contributed by atoms with E-state index in [-0.39, 0.29) is 0 Å². The second kappa shape index (κ2) is 5.75. The van der Waals surface area contributed by atoms with Gasteiger partial charge in [-0.3, -0.25) is 9.78 Å². The standard InChI is InChI=1S/C13H17NO2/c15-12-1-3-13(4-2-12)16-10-7-11-5-8-14-9-6-11/h5-6,8-9,13H,1-4,7,10H2. The van der Waals surface area contributed by atoms with E-state index in [1.54, 1.807) is 12.4 Å². The zero-order valence-electron chi connectivity index (χ0n) is 9.39. The average molecular weight is 219 g/mol. The number of aromatic nitrogens is 1. The van der Waals surface area contributed by atoms with Crippen molar-refractivity contribution in [2.24, 2.45) is 0 Å². The Labute approximate surface area is 95.8 Å². The van der Waals surface area contributed by atoms with Crippen molar-refractivity contribution in [2.75, 3.05) is 6.61 Å². The molecule has 1 heterocycles. The molecular formula is C13H17NO2. The second-order valence-electron chi connectivity index (χ2n) is 4.21. The Morgan fingerprint density at radius 3 is 2.62 bits per heavy atom. The fraction of sp³-hybridized carbons (Fsp3) is 0.538. The average Bonchev–Trinajstić information content (AvgIpc) is 2.33. The minimum Gasteiger partial charge on any atom is -0.378 e. The molecule has 2 rings (SSSR count). The van der Waals surface area contributed by atoms with Crippen LogP contribution in [0.2, 0.25) is 0 Å². The molecule has 3 nitrogen and oxygen atoms in total. The third kappa shape index (κ3) is 3.42. The monoisotopic (exact) mass is 219 g/mol. The zero-order valence-corrected chi connectivity index (χ0v) is 9.39. The molecule has 1 aliphatic carbocycles. The van der Waals surface area contributed by atoms with Crippen LogP contribution in [0, 0.1) is 0 Å². The van der Waals surface area contributed by atoms with Gasteiger partial charge < -0.3 is 4.74 Å². The number of nitrogens with zero attached hydrogens (tertiary/aromatic N) is 1. The highest BCUT2D eigenvalue weighted by Crippen LogP contribution is 2.18. The summed E-state index contributed by atoms with van der Waals surface area (Å²) in [5.74, 6) is 0.383. The number of ether oxygens (including phenoxy) is 1. The van der Waals surface area contributed by atoms with Crippen molar-refractivity contribution in [3.63, 3.8) is 0 Å². The van der Waals surface area contributed by atoms with Crippen LogP contribution < -0.4 is 0 Å². The third-order valence-corrected chi connectivity index (χ3v) is 2.98. The molecule has 16 heavy (non-hydrogen) atoms. The van der Waals surface area contributed by atoms with Crippen molar-refractivity contribution >= 4 is 5.78 Å². The van der Waals surface area contributed by atoms with Crippen LogP contribution in [0.1, 0.15) is 31.2 Å². The van der Waals surface area contributed by atoms with Crippen LogP contribution in [0.15, 0.2) is 24.5 Å². The lowest BCUT2D eigenvalue weighted by Gasteiger charge is -2.21. The molecule has 1 saturated carbocycles. The van der Waals surface area contributed by atoms with Crippen LogP contribution in [-0.4, -0.2) is 23.5 Å². The van der Waals surface area contributed by atoms with Gasteiger partial charge in [-0.2, -0.15) is 0 Å². The minimum atomic E-state index is 0.291. The van der Waals surface area contributed by atoms with Gasteiger partial charge in [0.2, 0.25) is 0 Å². The molecule has 0 atom stereocenters. The SMILES string of the molecule is O=C1CCC(OCCc2ccncc2)CC1. The fourth-order valence-corrected chi connectivity index (χ4v) is 1.97. The fourth-order valence-electron chi connectivity index (χ4n) is 1.97. The van der Waals surface area contributed by atoms with Gasteiger partial charge in [-0.25, -0.2) is 0 Å². The number of carbonyl (C=O) groups is 1. The van der Waals surface area contributed by atoms with Gasteiger partial charge in [0.05, 0.1) is 12.7 Å². The van der Waals surface area contributed by atoms with E-state index in [0.717, 1.165) is 25.9 Å². The molecule has 3 heteroatoms. The molecule has 1 aromatic rings. The van der Waals surface area contributed by atoms with Gasteiger partial charge >= 0.3 is 0 Å². The molecule has 0 radical (unpaired) electrons. The van der Waals surface area contributed by atoms with Crippen LogP contribution in [0.3, 0.4) is 0 Å². The second-order valence-corrected chi connectivity index (χ2v) is 4.21. The predicted molar refractivity (Wildman–Crippen MR) is 61.2 cm³/mol. The summed E-state index contributed by atoms with van der Waals surface area (Å²) in [7, 11) is 0. The van der Waals surface area contributed by atoms with E-state index in [2.05, 4.69) is 4.98 Å². The van der Waals surface area contributed by atoms with Crippen LogP contribution in [0.25, 0.3) is 0 Å². The summed E-state index contributed by atoms with van der Waals surface area (Å²) >= 11 is 0. The van der Waals surface area contributed by atoms with Crippen molar-refractivity contribution in [3.05, 3.63) is 30.1 Å². The van der Waals surface area contributed by atoms with E-state index in [9.17, 15) is 4.79 Å². The molecule has 86 valence electrons. The molecule has 1 aromatic heterocycles. The number of hydrogen-bond donors (Lipinski definition) is 0. The summed E-state index contributed by atoms with van der Waals surface area (Å²) in [5.41, 5.74) is 1.25. The number of ketones is 1. The van der Waals surface area contributed by atoms with Gasteiger partial charge in [-0.1, -0.05) is 0 Å². The lowest BCUT2D eigenvalue weighted by molar-refractivity contribution is -0.122. The topological polar surface area (TPSA) is 39.2 Å². The molecular weight excluding hydrogens is 202 g/mol. The zero-order chi connectivity index (χ0) is 11.2. The number of rotatable bonds is 4. The van der Waals surface area contributed by atoms with Crippen LogP contribution in [-0.2, 0) is 16.0 Å². The Kier molecular flexibility index (Phi) is 4.05. The highest BCUT2D eigenvalue weighted by atomic mass is 16.5. The lowest BCUT2D eigenvalue weighted by atomic mass is 9.96. The number of Topliss-reactive ketones (excluding diaryl/α,β-unsaturated/α-hetero) is 1. The summed E-state index contributed by atoms with van der Waals surface area (Å²) in [6.07, 6.45) is 8.00. The number of carbonyl (C=O) groups excluding carboxylic acids is 1. The summed E-state index contributed by atoms with van der Waals surface area (Å²) in [6, 6.07) is 4.02. The third-order valence-electron chi connectivity index (χ3n) is 2.98. The van der Waals surface area contributed by atoms with E-state index in [0.29, 0.717) is 24.7 Å². The molecule has 0 aromatic carbocycles. The largest absolute Gasteiger partial charge is 0.378 e. The first-order valence-electron chi connectivity index (χ1n) is 5.87. The lowest BCUT2D eigenvalue weighted by Crippen LogP contribution is -2.22. The van der Waals surface area contributed by atoms with Gasteiger partial charge in [0, 0.05) is 25.2 Å². The summed E-state index contributed by atoms with van der Waals surface area (Å²) in [4.78, 5) is 15.0. The van der Waals surface area contributed by atoms with Gasteiger partial charge in [0.25, 0.3) is 0 Å². The molecule has 0 saturated heterocycles. The molecule has 0 aliphatic heterocycles. The number of hydrogen-bond acceptors (Lipinski definition) is 3. The minimum absolute atomic E-state index is 0.291. The quantitative estimate of drug-likeness (QED) is 0.779. The van der Waals surface area contributed by atoms with Gasteiger partial charge in [0.1, 0.15) is 5.78 Å². The molecule has 0 unspecified atom stereocenters. The Balaban J connectivity index is 1.67. The summed E-state index contributed by atoms with van der Waals surface area (Å²) < 4.78 is 5.76. The van der Waals surface area contributed by atoms with Crippen molar-refractivity contribution < 1.29 is 9.53 Å². The van der Waals surface area contributed by atoms with Crippen LogP contribution in [0.4, 0.5) is 0 Å². The first-order chi connectivity index (χ1) is 7.84. The summed E-state index contributed by atoms with van der Waals surface area (Å²) in [6.45, 7) is 0.739. The highest BCUT2D eigenvalue weighted by molar-refractivity contribution is 5.79. The van der Waals surface area contributed by atoms with Crippen molar-refractivity contribution in [1.82, 2.24) is 4.98 Å². The maximum Gasteiger partial charge on any atom is 0.133 e. The van der Waals surface area contributed by atoms with E-state index in [4.69, 9.17) is 4.74 Å². The van der Waals surface area contributed by atoms with Gasteiger partial charge in [-0.05, 0) is 37.0 Å². The van der Waals surface area contributed by atoms with Gasteiger partial charge in [-0.15, -0.1) is 0 Å². The molecule has 0 N–H and O–H groups in total. The summed E-state index contributed by atoms with van der Waals surface area (Å²) in [5, 5.41) is 0. The number of pyridine rings is 1. The van der Waals surface area contributed by atoms with Crippen LogP contribution in [0.5, 0.6) is 0 Å². The van der Waals surface area contributed by atoms with E-state index in [1.807, 2.05) is 12.1 Å². The van der Waals surface area contributed by atoms with Gasteiger partial charge in [0.15, 0.2) is 0 Å². The molecule has 0 spiro atoms. The smallest absolute Gasteiger partial charge is 0.133 e. The van der Waals surface area contributed by atoms with Crippen molar-refractivity contribution in [2.45, 2.75) is 38.2 Å². The van der Waals surface area contributed by atoms with E-state index >= 15 is 0 Å². The molecule has 1 aliphatic rings. The molecule has 0 amide bonds. The Bertz CT molecular complexity index is 327. The molecule has 0 bridgehead atoms. The Morgan fingerprint density at radius 1 is 1.25 bits per heavy atom. The maximum absolute atomic E-state index is 11.0. The first-order valence-corrected chi connectivity index (χ1v) is 5.87. The Hall–Kier alpha value is -1.22. The highest BCUT2D eigenvalue weighted by Gasteiger charge is 2.18. The maximum atomic E-state index is 11.0. The normalized spacial score (nSPS) is 17.6. The van der Waals surface area contributed by atoms with Crippen molar-refractivity contribution in [1.29, 1.82) is 0 Å². The first kappa shape index (κ1) is 11.3. The van der Waals surface area contributed by atoms with E-state index in [1.165, 1.54) is 5.56 Å². The van der Waals surface area contributed by atoms with Crippen molar-refractivity contribution in [3.8, 4) is 0 Å².